The second-order valence-corrected chi connectivity index (χ2v) is 6.41. The molecule has 3 heteroatoms. The number of nitrogens with two attached hydrogens (primary N) is 1. The molecular weight excluding hydrogens is 306 g/mol. The Hall–Kier alpha value is -3.33. The summed E-state index contributed by atoms with van der Waals surface area (Å²) in [6.45, 7) is 0.846. The number of nitrogens with zero attached hydrogens (tertiary/aromatic N) is 2. The fourth-order valence-corrected chi connectivity index (χ4v) is 3.67. The summed E-state index contributed by atoms with van der Waals surface area (Å²) in [5.41, 5.74) is 12.9. The lowest BCUT2D eigenvalue weighted by atomic mass is 10.2. The molecule has 5 rings (SSSR count). The van der Waals surface area contributed by atoms with Crippen molar-refractivity contribution in [2.24, 2.45) is 0 Å². The molecule has 25 heavy (non-hydrogen) atoms. The molecule has 5 aromatic rings. The van der Waals surface area contributed by atoms with Crippen molar-refractivity contribution in [3.05, 3.63) is 90.5 Å². The van der Waals surface area contributed by atoms with Gasteiger partial charge in [-0.2, -0.15) is 4.40 Å². The van der Waals surface area contributed by atoms with Gasteiger partial charge >= 0.3 is 0 Å². The third-order valence-corrected chi connectivity index (χ3v) is 4.81. The second kappa shape index (κ2) is 5.35. The van der Waals surface area contributed by atoms with Gasteiger partial charge in [-0.15, -0.1) is 0 Å². The number of hydrogen-bond donors (Lipinski definition) is 1. The summed E-state index contributed by atoms with van der Waals surface area (Å²) >= 11 is 0. The number of nitrogen functional groups attached to an aromatic ring is 1. The van der Waals surface area contributed by atoms with E-state index in [9.17, 15) is 0 Å². The van der Waals surface area contributed by atoms with E-state index in [2.05, 4.69) is 81.8 Å². The van der Waals surface area contributed by atoms with E-state index in [4.69, 9.17) is 5.73 Å². The topological polar surface area (TPSA) is 35.0 Å². The first-order valence-corrected chi connectivity index (χ1v) is 8.46. The second-order valence-electron chi connectivity index (χ2n) is 6.41. The SMILES string of the molecule is Nc1ccc2c(ccc3n(Cc4ccccc4)c4ccccc4[n+]23)c1. The monoisotopic (exact) mass is 324 g/mol. The maximum Gasteiger partial charge on any atom is 0.287 e. The van der Waals surface area contributed by atoms with E-state index in [1.54, 1.807) is 0 Å². The summed E-state index contributed by atoms with van der Waals surface area (Å²) in [5, 5.41) is 1.15. The van der Waals surface area contributed by atoms with Crippen LogP contribution in [0.1, 0.15) is 5.56 Å². The Morgan fingerprint density at radius 2 is 1.56 bits per heavy atom. The summed E-state index contributed by atoms with van der Waals surface area (Å²) in [4.78, 5) is 0. The predicted octanol–water partition coefficient (Wildman–Crippen LogP) is 4.16. The highest BCUT2D eigenvalue weighted by Crippen LogP contribution is 2.22. The molecule has 0 aliphatic rings. The molecule has 0 aliphatic heterocycles. The van der Waals surface area contributed by atoms with Gasteiger partial charge in [-0.25, -0.2) is 4.57 Å². The molecule has 0 bridgehead atoms. The van der Waals surface area contributed by atoms with Crippen molar-refractivity contribution in [1.82, 2.24) is 4.57 Å². The average molecular weight is 324 g/mol. The van der Waals surface area contributed by atoms with E-state index in [1.807, 2.05) is 12.1 Å². The summed E-state index contributed by atoms with van der Waals surface area (Å²) in [5.74, 6) is 0. The van der Waals surface area contributed by atoms with Crippen molar-refractivity contribution >= 4 is 33.3 Å². The zero-order chi connectivity index (χ0) is 16.8. The summed E-state index contributed by atoms with van der Waals surface area (Å²) in [6.07, 6.45) is 0. The fourth-order valence-electron chi connectivity index (χ4n) is 3.67. The molecule has 0 spiro atoms. The Balaban J connectivity index is 1.88. The van der Waals surface area contributed by atoms with Gasteiger partial charge in [0.05, 0.1) is 0 Å². The maximum atomic E-state index is 5.97. The maximum absolute atomic E-state index is 5.97. The Morgan fingerprint density at radius 1 is 0.760 bits per heavy atom. The Bertz CT molecular complexity index is 1220. The van der Waals surface area contributed by atoms with Crippen molar-refractivity contribution in [2.75, 3.05) is 5.73 Å². The number of hydrogen-bond acceptors (Lipinski definition) is 1. The van der Waals surface area contributed by atoms with E-state index in [-0.39, 0.29) is 0 Å². The van der Waals surface area contributed by atoms with Gasteiger partial charge in [0, 0.05) is 17.1 Å². The molecular formula is C22H18N3+. The van der Waals surface area contributed by atoms with Gasteiger partial charge < -0.3 is 5.73 Å². The van der Waals surface area contributed by atoms with Gasteiger partial charge in [0.25, 0.3) is 5.65 Å². The van der Waals surface area contributed by atoms with Gasteiger partial charge in [0.1, 0.15) is 12.1 Å². The normalized spacial score (nSPS) is 11.5. The molecule has 0 saturated heterocycles. The molecule has 2 N–H and O–H groups in total. The molecule has 0 fully saturated rings. The molecule has 0 radical (unpaired) electrons. The van der Waals surface area contributed by atoms with Crippen molar-refractivity contribution < 1.29 is 4.40 Å². The first-order chi connectivity index (χ1) is 12.3. The van der Waals surface area contributed by atoms with E-state index >= 15 is 0 Å². The molecule has 0 amide bonds. The Morgan fingerprint density at radius 3 is 2.44 bits per heavy atom. The minimum Gasteiger partial charge on any atom is -0.399 e. The number of imidazole rings is 1. The highest BCUT2D eigenvalue weighted by molar-refractivity contribution is 5.84. The third-order valence-electron chi connectivity index (χ3n) is 4.81. The standard InChI is InChI=1S/C22H18N3/c23-18-11-12-19-17(14-18)10-13-22-24(15-16-6-2-1-3-7-16)20-8-4-5-9-21(20)25(19)22/h1-14H,15,23H2/q+1. The molecule has 2 heterocycles. The van der Waals surface area contributed by atoms with Crippen molar-refractivity contribution in [3.8, 4) is 0 Å². The number of pyridine rings is 1. The highest BCUT2D eigenvalue weighted by Gasteiger charge is 2.20. The van der Waals surface area contributed by atoms with Crippen LogP contribution in [0, 0.1) is 0 Å². The smallest absolute Gasteiger partial charge is 0.287 e. The summed E-state index contributed by atoms with van der Waals surface area (Å²) < 4.78 is 4.70. The van der Waals surface area contributed by atoms with Crippen LogP contribution in [0.2, 0.25) is 0 Å². The van der Waals surface area contributed by atoms with Gasteiger partial charge in [0.15, 0.2) is 11.0 Å². The van der Waals surface area contributed by atoms with Crippen LogP contribution in [-0.2, 0) is 6.54 Å². The van der Waals surface area contributed by atoms with Crippen LogP contribution in [0.4, 0.5) is 5.69 Å². The Labute approximate surface area is 145 Å². The van der Waals surface area contributed by atoms with Crippen molar-refractivity contribution in [1.29, 1.82) is 0 Å². The van der Waals surface area contributed by atoms with Gasteiger partial charge in [-0.1, -0.05) is 42.5 Å². The molecule has 0 atom stereocenters. The lowest BCUT2D eigenvalue weighted by Gasteiger charge is -2.01. The Kier molecular flexibility index (Phi) is 3.01. The lowest BCUT2D eigenvalue weighted by molar-refractivity contribution is -0.450. The van der Waals surface area contributed by atoms with Crippen molar-refractivity contribution in [2.45, 2.75) is 6.54 Å². The number of rotatable bonds is 2. The zero-order valence-corrected chi connectivity index (χ0v) is 13.8. The minimum absolute atomic E-state index is 0.792. The number of para-hydroxylation sites is 2. The van der Waals surface area contributed by atoms with E-state index < -0.39 is 0 Å². The lowest BCUT2D eigenvalue weighted by Crippen LogP contribution is -2.22. The first-order valence-electron chi connectivity index (χ1n) is 8.46. The van der Waals surface area contributed by atoms with Crippen LogP contribution in [0.25, 0.3) is 27.6 Å². The van der Waals surface area contributed by atoms with Crippen LogP contribution in [-0.4, -0.2) is 4.57 Å². The predicted molar refractivity (Wildman–Crippen MR) is 103 cm³/mol. The molecule has 0 aliphatic carbocycles. The van der Waals surface area contributed by atoms with Gasteiger partial charge in [-0.3, -0.25) is 0 Å². The van der Waals surface area contributed by atoms with Gasteiger partial charge in [-0.05, 0) is 42.0 Å². The van der Waals surface area contributed by atoms with E-state index in [0.29, 0.717) is 0 Å². The van der Waals surface area contributed by atoms with Crippen LogP contribution in [0.15, 0.2) is 84.9 Å². The van der Waals surface area contributed by atoms with Gasteiger partial charge in [0.2, 0.25) is 0 Å². The third kappa shape index (κ3) is 2.17. The van der Waals surface area contributed by atoms with Crippen LogP contribution < -0.4 is 10.1 Å². The summed E-state index contributed by atoms with van der Waals surface area (Å²) in [7, 11) is 0. The number of anilines is 1. The number of fused-ring (bicyclic) bond motifs is 5. The number of benzene rings is 3. The van der Waals surface area contributed by atoms with E-state index in [1.165, 1.54) is 27.8 Å². The summed E-state index contributed by atoms with van der Waals surface area (Å²) in [6, 6.07) is 29.6. The largest absolute Gasteiger partial charge is 0.399 e. The quantitative estimate of drug-likeness (QED) is 0.384. The molecule has 3 nitrogen and oxygen atoms in total. The zero-order valence-electron chi connectivity index (χ0n) is 13.8. The highest BCUT2D eigenvalue weighted by atomic mass is 15.1. The molecule has 3 aromatic carbocycles. The van der Waals surface area contributed by atoms with E-state index in [0.717, 1.165) is 17.6 Å². The fraction of sp³-hybridized carbons (Fsp3) is 0.0455. The van der Waals surface area contributed by atoms with Crippen LogP contribution in [0.3, 0.4) is 0 Å². The van der Waals surface area contributed by atoms with Crippen LogP contribution >= 0.6 is 0 Å². The first kappa shape index (κ1) is 14.1. The molecule has 0 saturated carbocycles. The number of aromatic nitrogens is 2. The molecule has 0 unspecified atom stereocenters. The molecule has 120 valence electrons. The average Bonchev–Trinajstić information content (AvgIpc) is 2.97. The molecule has 2 aromatic heterocycles. The van der Waals surface area contributed by atoms with Crippen molar-refractivity contribution in [3.63, 3.8) is 0 Å². The van der Waals surface area contributed by atoms with Crippen LogP contribution in [0.5, 0.6) is 0 Å². The minimum atomic E-state index is 0.792.